The predicted molar refractivity (Wildman–Crippen MR) is 78.9 cm³/mol. The van der Waals surface area contributed by atoms with Gasteiger partial charge in [0.1, 0.15) is 0 Å². The second-order valence-electron chi connectivity index (χ2n) is 3.78. The fourth-order valence-corrected chi connectivity index (χ4v) is 1.81. The zero-order valence-corrected chi connectivity index (χ0v) is 11.8. The van der Waals surface area contributed by atoms with Gasteiger partial charge in [-0.15, -0.1) is 10.2 Å². The van der Waals surface area contributed by atoms with Crippen LogP contribution in [0.4, 0.5) is 5.82 Å². The molecule has 0 aliphatic carbocycles. The van der Waals surface area contributed by atoms with Crippen LogP contribution in [0.25, 0.3) is 0 Å². The number of nitrogens with zero attached hydrogens (tertiary/aromatic N) is 3. The van der Waals surface area contributed by atoms with Crippen LogP contribution in [-0.2, 0) is 0 Å². The summed E-state index contributed by atoms with van der Waals surface area (Å²) >= 11 is 11.6. The molecule has 0 bridgehead atoms. The van der Waals surface area contributed by atoms with E-state index in [1.165, 1.54) is 0 Å². The molecule has 6 heteroatoms. The van der Waals surface area contributed by atoms with Crippen molar-refractivity contribution in [3.05, 3.63) is 52.1 Å². The number of hydrogen-bond acceptors (Lipinski definition) is 4. The lowest BCUT2D eigenvalue weighted by molar-refractivity contribution is 1.02. The molecule has 2 rings (SSSR count). The molecular weight excluding hydrogens is 283 g/mol. The topological polar surface area (TPSA) is 50.2 Å². The van der Waals surface area contributed by atoms with E-state index >= 15 is 0 Å². The minimum absolute atomic E-state index is 0.347. The smallest absolute Gasteiger partial charge is 0.168 e. The summed E-state index contributed by atoms with van der Waals surface area (Å²) in [7, 11) is 0. The first-order chi connectivity index (χ1) is 9.19. The molecule has 1 aromatic heterocycles. The maximum absolute atomic E-state index is 5.97. The molecule has 0 saturated carbocycles. The molecule has 0 fully saturated rings. The Bertz CT molecular complexity index is 581. The Hall–Kier alpha value is -1.65. The van der Waals surface area contributed by atoms with Crippen molar-refractivity contribution in [3.8, 4) is 0 Å². The molecule has 98 valence electrons. The first-order valence-electron chi connectivity index (χ1n) is 5.77. The van der Waals surface area contributed by atoms with Crippen LogP contribution in [0, 0.1) is 0 Å². The highest BCUT2D eigenvalue weighted by atomic mass is 35.5. The number of rotatable bonds is 4. The number of hydrazone groups is 1. The van der Waals surface area contributed by atoms with E-state index in [0.29, 0.717) is 16.0 Å². The molecule has 19 heavy (non-hydrogen) atoms. The van der Waals surface area contributed by atoms with E-state index in [1.807, 2.05) is 31.2 Å². The minimum Gasteiger partial charge on any atom is -0.260 e. The van der Waals surface area contributed by atoms with Gasteiger partial charge in [0.05, 0.1) is 5.71 Å². The molecule has 0 saturated heterocycles. The fraction of sp³-hybridized carbons (Fsp3) is 0.154. The van der Waals surface area contributed by atoms with E-state index in [0.717, 1.165) is 17.7 Å². The summed E-state index contributed by atoms with van der Waals surface area (Å²) < 4.78 is 0. The van der Waals surface area contributed by atoms with E-state index in [1.54, 1.807) is 12.1 Å². The number of anilines is 1. The summed E-state index contributed by atoms with van der Waals surface area (Å²) in [5, 5.41) is 13.0. The summed E-state index contributed by atoms with van der Waals surface area (Å²) in [5.74, 6) is 0.539. The molecule has 0 unspecified atom stereocenters. The van der Waals surface area contributed by atoms with Gasteiger partial charge in [-0.3, -0.25) is 5.43 Å². The second-order valence-corrected chi connectivity index (χ2v) is 4.60. The van der Waals surface area contributed by atoms with Crippen LogP contribution >= 0.6 is 23.2 Å². The summed E-state index contributed by atoms with van der Waals surface area (Å²) in [5.41, 5.74) is 4.72. The molecule has 0 spiro atoms. The van der Waals surface area contributed by atoms with Crippen molar-refractivity contribution >= 4 is 34.7 Å². The van der Waals surface area contributed by atoms with Crippen LogP contribution in [0.5, 0.6) is 0 Å². The number of aromatic nitrogens is 2. The fourth-order valence-electron chi connectivity index (χ4n) is 1.52. The van der Waals surface area contributed by atoms with Gasteiger partial charge in [-0.1, -0.05) is 42.3 Å². The predicted octanol–water partition coefficient (Wildman–Crippen LogP) is 4.01. The van der Waals surface area contributed by atoms with Gasteiger partial charge < -0.3 is 0 Å². The van der Waals surface area contributed by atoms with E-state index in [-0.39, 0.29) is 0 Å². The third-order valence-electron chi connectivity index (χ3n) is 2.43. The maximum atomic E-state index is 5.97. The van der Waals surface area contributed by atoms with Crippen LogP contribution < -0.4 is 5.43 Å². The summed E-state index contributed by atoms with van der Waals surface area (Å²) in [6.45, 7) is 2.02. The molecule has 0 radical (unpaired) electrons. The number of halogens is 2. The zero-order valence-electron chi connectivity index (χ0n) is 10.3. The van der Waals surface area contributed by atoms with Crippen molar-refractivity contribution in [1.29, 1.82) is 0 Å². The van der Waals surface area contributed by atoms with Crippen LogP contribution in [0.1, 0.15) is 18.9 Å². The van der Waals surface area contributed by atoms with Gasteiger partial charge in [0.15, 0.2) is 11.0 Å². The normalized spacial score (nSPS) is 11.4. The monoisotopic (exact) mass is 294 g/mol. The third kappa shape index (κ3) is 3.91. The molecule has 1 heterocycles. The molecule has 1 N–H and O–H groups in total. The van der Waals surface area contributed by atoms with Crippen molar-refractivity contribution in [1.82, 2.24) is 10.2 Å². The summed E-state index contributed by atoms with van der Waals surface area (Å²) in [6, 6.07) is 10.9. The number of hydrogen-bond donors (Lipinski definition) is 1. The van der Waals surface area contributed by atoms with Gasteiger partial charge in [0, 0.05) is 5.02 Å². The van der Waals surface area contributed by atoms with Crippen molar-refractivity contribution in [2.24, 2.45) is 5.10 Å². The van der Waals surface area contributed by atoms with Gasteiger partial charge in [-0.25, -0.2) is 0 Å². The van der Waals surface area contributed by atoms with E-state index in [2.05, 4.69) is 20.7 Å². The Balaban J connectivity index is 2.17. The van der Waals surface area contributed by atoms with E-state index in [4.69, 9.17) is 23.2 Å². The molecule has 2 aromatic rings. The SMILES string of the molecule is CC/C(=N\Nc1ccc(Cl)nn1)c1cccc(Cl)c1. The summed E-state index contributed by atoms with van der Waals surface area (Å²) in [4.78, 5) is 0. The van der Waals surface area contributed by atoms with Crippen molar-refractivity contribution < 1.29 is 0 Å². The second kappa shape index (κ2) is 6.50. The van der Waals surface area contributed by atoms with Gasteiger partial charge in [-0.2, -0.15) is 5.10 Å². The molecule has 0 aliphatic rings. The Morgan fingerprint density at radius 3 is 2.68 bits per heavy atom. The maximum Gasteiger partial charge on any atom is 0.168 e. The average molecular weight is 295 g/mol. The lowest BCUT2D eigenvalue weighted by Crippen LogP contribution is -2.04. The van der Waals surface area contributed by atoms with Crippen molar-refractivity contribution in [3.63, 3.8) is 0 Å². The molecule has 0 atom stereocenters. The van der Waals surface area contributed by atoms with Crippen LogP contribution in [-0.4, -0.2) is 15.9 Å². The van der Waals surface area contributed by atoms with Crippen LogP contribution in [0.2, 0.25) is 10.2 Å². The Morgan fingerprint density at radius 2 is 2.05 bits per heavy atom. The minimum atomic E-state index is 0.347. The highest BCUT2D eigenvalue weighted by Crippen LogP contribution is 2.13. The van der Waals surface area contributed by atoms with Gasteiger partial charge >= 0.3 is 0 Å². The van der Waals surface area contributed by atoms with Crippen molar-refractivity contribution in [2.45, 2.75) is 13.3 Å². The zero-order chi connectivity index (χ0) is 13.7. The summed E-state index contributed by atoms with van der Waals surface area (Å²) in [6.07, 6.45) is 0.772. The number of nitrogens with one attached hydrogen (secondary N) is 1. The first kappa shape index (κ1) is 13.8. The van der Waals surface area contributed by atoms with Gasteiger partial charge in [-0.05, 0) is 36.2 Å². The highest BCUT2D eigenvalue weighted by Gasteiger charge is 2.02. The molecule has 0 amide bonds. The Labute approximate surface area is 121 Å². The van der Waals surface area contributed by atoms with Crippen molar-refractivity contribution in [2.75, 3.05) is 5.43 Å². The lowest BCUT2D eigenvalue weighted by Gasteiger charge is -2.05. The molecular formula is C13H12Cl2N4. The van der Waals surface area contributed by atoms with E-state index in [9.17, 15) is 0 Å². The molecule has 1 aromatic carbocycles. The first-order valence-corrected chi connectivity index (χ1v) is 6.52. The van der Waals surface area contributed by atoms with E-state index < -0.39 is 0 Å². The quantitative estimate of drug-likeness (QED) is 0.685. The largest absolute Gasteiger partial charge is 0.260 e. The molecule has 4 nitrogen and oxygen atoms in total. The average Bonchev–Trinajstić information content (AvgIpc) is 2.42. The van der Waals surface area contributed by atoms with Gasteiger partial charge in [0.25, 0.3) is 0 Å². The third-order valence-corrected chi connectivity index (χ3v) is 2.87. The van der Waals surface area contributed by atoms with Crippen LogP contribution in [0.15, 0.2) is 41.5 Å². The standard InChI is InChI=1S/C13H12Cl2N4/c1-2-11(9-4-3-5-10(14)8-9)16-18-13-7-6-12(15)17-19-13/h3-8H,2H2,1H3,(H,18,19)/b16-11+. The highest BCUT2D eigenvalue weighted by molar-refractivity contribution is 6.31. The number of benzene rings is 1. The van der Waals surface area contributed by atoms with Crippen LogP contribution in [0.3, 0.4) is 0 Å². The lowest BCUT2D eigenvalue weighted by atomic mass is 10.1. The Morgan fingerprint density at radius 1 is 1.21 bits per heavy atom. The Kier molecular flexibility index (Phi) is 4.71. The van der Waals surface area contributed by atoms with Gasteiger partial charge in [0.2, 0.25) is 0 Å². The molecule has 0 aliphatic heterocycles.